The molecule has 1 rings (SSSR count). The average molecular weight is 271 g/mol. The van der Waals surface area contributed by atoms with E-state index in [0.29, 0.717) is 11.6 Å². The number of carboxylic acids is 1. The van der Waals surface area contributed by atoms with E-state index in [2.05, 4.69) is 15.6 Å². The van der Waals surface area contributed by atoms with Gasteiger partial charge in [-0.1, -0.05) is 13.8 Å². The first-order valence-electron chi connectivity index (χ1n) is 5.64. The maximum Gasteiger partial charge on any atom is 0.320 e. The number of carbonyl (C=O) groups is 2. The van der Waals surface area contributed by atoms with Gasteiger partial charge in [-0.25, -0.2) is 4.98 Å². The summed E-state index contributed by atoms with van der Waals surface area (Å²) in [6.45, 7) is 3.84. The fourth-order valence-corrected chi connectivity index (χ4v) is 1.95. The van der Waals surface area contributed by atoms with Crippen LogP contribution in [0, 0.1) is 5.92 Å². The fraction of sp³-hybridized carbons (Fsp3) is 0.545. The summed E-state index contributed by atoms with van der Waals surface area (Å²) in [7, 11) is 0. The van der Waals surface area contributed by atoms with Crippen molar-refractivity contribution in [2.24, 2.45) is 5.92 Å². The Balaban J connectivity index is 2.37. The summed E-state index contributed by atoms with van der Waals surface area (Å²) >= 11 is 1.32. The molecule has 0 saturated heterocycles. The van der Waals surface area contributed by atoms with E-state index in [0.717, 1.165) is 0 Å². The quantitative estimate of drug-likeness (QED) is 0.692. The molecule has 0 aromatic carbocycles. The highest BCUT2D eigenvalue weighted by atomic mass is 32.1. The number of anilines is 1. The number of carbonyl (C=O) groups excluding carboxylic acids is 1. The van der Waals surface area contributed by atoms with Crippen LogP contribution in [-0.2, 0) is 9.59 Å². The largest absolute Gasteiger partial charge is 0.480 e. The number of rotatable bonds is 7. The Hall–Kier alpha value is -1.47. The van der Waals surface area contributed by atoms with Gasteiger partial charge in [0.25, 0.3) is 0 Å². The molecule has 0 fully saturated rings. The lowest BCUT2D eigenvalue weighted by Crippen LogP contribution is -2.42. The summed E-state index contributed by atoms with van der Waals surface area (Å²) in [6.07, 6.45) is 2.08. The summed E-state index contributed by atoms with van der Waals surface area (Å²) in [4.78, 5) is 26.4. The number of hydrogen-bond acceptors (Lipinski definition) is 5. The Bertz CT molecular complexity index is 392. The van der Waals surface area contributed by atoms with E-state index < -0.39 is 12.0 Å². The molecule has 1 atom stereocenters. The average Bonchev–Trinajstić information content (AvgIpc) is 2.76. The molecule has 1 aromatic rings. The summed E-state index contributed by atoms with van der Waals surface area (Å²) in [5.41, 5.74) is 0. The molecule has 0 radical (unpaired) electrons. The summed E-state index contributed by atoms with van der Waals surface area (Å²) in [5, 5.41) is 16.6. The molecule has 0 aliphatic carbocycles. The van der Waals surface area contributed by atoms with Crippen LogP contribution in [0.25, 0.3) is 0 Å². The van der Waals surface area contributed by atoms with Crippen molar-refractivity contribution in [2.45, 2.75) is 26.3 Å². The molecule has 0 bridgehead atoms. The van der Waals surface area contributed by atoms with Gasteiger partial charge in [-0.2, -0.15) is 0 Å². The van der Waals surface area contributed by atoms with Gasteiger partial charge in [0.15, 0.2) is 5.13 Å². The number of nitrogens with one attached hydrogen (secondary N) is 2. The highest BCUT2D eigenvalue weighted by Crippen LogP contribution is 2.09. The number of amides is 1. The SMILES string of the molecule is CC(C)CC(NCC(=O)Nc1nccs1)C(=O)O. The van der Waals surface area contributed by atoms with Crippen molar-refractivity contribution >= 4 is 28.3 Å². The highest BCUT2D eigenvalue weighted by molar-refractivity contribution is 7.13. The highest BCUT2D eigenvalue weighted by Gasteiger charge is 2.19. The van der Waals surface area contributed by atoms with E-state index in [1.54, 1.807) is 11.6 Å². The molecule has 100 valence electrons. The van der Waals surface area contributed by atoms with Crippen LogP contribution in [0.2, 0.25) is 0 Å². The van der Waals surface area contributed by atoms with Crippen molar-refractivity contribution in [3.05, 3.63) is 11.6 Å². The first-order chi connectivity index (χ1) is 8.49. The van der Waals surface area contributed by atoms with Gasteiger partial charge in [-0.05, 0) is 12.3 Å². The molecule has 1 amide bonds. The normalized spacial score (nSPS) is 12.4. The maximum atomic E-state index is 11.5. The van der Waals surface area contributed by atoms with Crippen LogP contribution in [0.4, 0.5) is 5.13 Å². The molecule has 1 unspecified atom stereocenters. The van der Waals surface area contributed by atoms with E-state index in [9.17, 15) is 9.59 Å². The Morgan fingerprint density at radius 1 is 1.50 bits per heavy atom. The van der Waals surface area contributed by atoms with Crippen LogP contribution in [0.15, 0.2) is 11.6 Å². The standard InChI is InChI=1S/C11H17N3O3S/c1-7(2)5-8(10(16)17)13-6-9(15)14-11-12-3-4-18-11/h3-4,7-8,13H,5-6H2,1-2H3,(H,16,17)(H,12,14,15). The fourth-order valence-electron chi connectivity index (χ4n) is 1.41. The van der Waals surface area contributed by atoms with Crippen LogP contribution in [-0.4, -0.2) is 34.6 Å². The topological polar surface area (TPSA) is 91.3 Å². The molecular weight excluding hydrogens is 254 g/mol. The van der Waals surface area contributed by atoms with Gasteiger partial charge in [-0.3, -0.25) is 14.9 Å². The van der Waals surface area contributed by atoms with Crippen molar-refractivity contribution < 1.29 is 14.7 Å². The predicted molar refractivity (Wildman–Crippen MR) is 69.6 cm³/mol. The van der Waals surface area contributed by atoms with Crippen molar-refractivity contribution in [3.8, 4) is 0 Å². The first kappa shape index (κ1) is 14.6. The molecule has 0 aliphatic rings. The molecular formula is C11H17N3O3S. The van der Waals surface area contributed by atoms with Crippen molar-refractivity contribution in [1.29, 1.82) is 0 Å². The van der Waals surface area contributed by atoms with Gasteiger partial charge in [0, 0.05) is 11.6 Å². The van der Waals surface area contributed by atoms with Gasteiger partial charge >= 0.3 is 5.97 Å². The number of aliphatic carboxylic acids is 1. The third-order valence-corrected chi connectivity index (χ3v) is 2.88. The maximum absolute atomic E-state index is 11.5. The molecule has 7 heteroatoms. The molecule has 0 aliphatic heterocycles. The van der Waals surface area contributed by atoms with Crippen LogP contribution in [0.5, 0.6) is 0 Å². The molecule has 18 heavy (non-hydrogen) atoms. The van der Waals surface area contributed by atoms with Gasteiger partial charge in [0.05, 0.1) is 6.54 Å². The smallest absolute Gasteiger partial charge is 0.320 e. The zero-order valence-corrected chi connectivity index (χ0v) is 11.2. The number of hydrogen-bond donors (Lipinski definition) is 3. The number of nitrogens with zero attached hydrogens (tertiary/aromatic N) is 1. The van der Waals surface area contributed by atoms with E-state index in [1.165, 1.54) is 11.3 Å². The van der Waals surface area contributed by atoms with Crippen LogP contribution in [0.1, 0.15) is 20.3 Å². The summed E-state index contributed by atoms with van der Waals surface area (Å²) in [6, 6.07) is -0.702. The molecule has 3 N–H and O–H groups in total. The second kappa shape index (κ2) is 7.07. The Morgan fingerprint density at radius 3 is 2.72 bits per heavy atom. The van der Waals surface area contributed by atoms with E-state index in [4.69, 9.17) is 5.11 Å². The predicted octanol–water partition coefficient (Wildman–Crippen LogP) is 1.17. The second-order valence-corrected chi connectivity index (χ2v) is 5.18. The van der Waals surface area contributed by atoms with Crippen molar-refractivity contribution in [3.63, 3.8) is 0 Å². The van der Waals surface area contributed by atoms with Crippen LogP contribution < -0.4 is 10.6 Å². The van der Waals surface area contributed by atoms with E-state index in [-0.39, 0.29) is 18.4 Å². The van der Waals surface area contributed by atoms with Crippen LogP contribution >= 0.6 is 11.3 Å². The Kier molecular flexibility index (Phi) is 5.73. The lowest BCUT2D eigenvalue weighted by molar-refractivity contribution is -0.139. The van der Waals surface area contributed by atoms with Gasteiger partial charge in [0.2, 0.25) is 5.91 Å². The minimum absolute atomic E-state index is 0.0384. The third-order valence-electron chi connectivity index (χ3n) is 2.19. The van der Waals surface area contributed by atoms with Crippen molar-refractivity contribution in [1.82, 2.24) is 10.3 Å². The first-order valence-corrected chi connectivity index (χ1v) is 6.52. The Labute approximate surface area is 109 Å². The summed E-state index contributed by atoms with van der Waals surface area (Å²) in [5.74, 6) is -0.980. The zero-order chi connectivity index (χ0) is 13.5. The van der Waals surface area contributed by atoms with E-state index >= 15 is 0 Å². The number of aromatic nitrogens is 1. The minimum atomic E-state index is -0.939. The monoisotopic (exact) mass is 271 g/mol. The van der Waals surface area contributed by atoms with E-state index in [1.807, 2.05) is 13.8 Å². The van der Waals surface area contributed by atoms with Gasteiger partial charge < -0.3 is 10.4 Å². The zero-order valence-electron chi connectivity index (χ0n) is 10.3. The molecule has 6 nitrogen and oxygen atoms in total. The van der Waals surface area contributed by atoms with Gasteiger partial charge in [0.1, 0.15) is 6.04 Å². The molecule has 1 heterocycles. The molecule has 1 aromatic heterocycles. The lowest BCUT2D eigenvalue weighted by atomic mass is 10.0. The number of carboxylic acid groups (broad SMARTS) is 1. The lowest BCUT2D eigenvalue weighted by Gasteiger charge is -2.15. The van der Waals surface area contributed by atoms with Crippen molar-refractivity contribution in [2.75, 3.05) is 11.9 Å². The molecule has 0 saturated carbocycles. The molecule has 0 spiro atoms. The third kappa shape index (κ3) is 5.24. The summed E-state index contributed by atoms with van der Waals surface area (Å²) < 4.78 is 0. The number of thiazole rings is 1. The van der Waals surface area contributed by atoms with Gasteiger partial charge in [-0.15, -0.1) is 11.3 Å². The Morgan fingerprint density at radius 2 is 2.22 bits per heavy atom. The minimum Gasteiger partial charge on any atom is -0.480 e. The second-order valence-electron chi connectivity index (χ2n) is 4.29. The van der Waals surface area contributed by atoms with Crippen LogP contribution in [0.3, 0.4) is 0 Å².